The number of carbonyl (C=O) groups is 1. The monoisotopic (exact) mass is 268 g/mol. The van der Waals surface area contributed by atoms with Crippen LogP contribution in [-0.4, -0.2) is 42.1 Å². The number of hydrogen-bond acceptors (Lipinski definition) is 3. The Bertz CT molecular complexity index is 443. The van der Waals surface area contributed by atoms with E-state index < -0.39 is 0 Å². The summed E-state index contributed by atoms with van der Waals surface area (Å²) in [6.45, 7) is 6.56. The lowest BCUT2D eigenvalue weighted by atomic mass is 9.98. The summed E-state index contributed by atoms with van der Waals surface area (Å²) >= 11 is 5.90. The largest absolute Gasteiger partial charge is 0.378 e. The van der Waals surface area contributed by atoms with Crippen molar-refractivity contribution in [2.24, 2.45) is 0 Å². The number of pyridine rings is 1. The van der Waals surface area contributed by atoms with Gasteiger partial charge in [0.1, 0.15) is 5.15 Å². The van der Waals surface area contributed by atoms with Crippen LogP contribution in [-0.2, 0) is 4.74 Å². The Morgan fingerprint density at radius 3 is 2.72 bits per heavy atom. The zero-order chi connectivity index (χ0) is 13.1. The summed E-state index contributed by atoms with van der Waals surface area (Å²) in [6.07, 6.45) is 1.58. The minimum atomic E-state index is 0.0196. The van der Waals surface area contributed by atoms with Crippen LogP contribution >= 0.6 is 11.6 Å². The smallest absolute Gasteiger partial charge is 0.255 e. The number of amides is 1. The fourth-order valence-electron chi connectivity index (χ4n) is 2.04. The topological polar surface area (TPSA) is 42.4 Å². The van der Waals surface area contributed by atoms with Gasteiger partial charge in [-0.15, -0.1) is 0 Å². The molecule has 0 unspecified atom stereocenters. The van der Waals surface area contributed by atoms with E-state index in [1.54, 1.807) is 17.2 Å². The van der Waals surface area contributed by atoms with Crippen molar-refractivity contribution >= 4 is 17.5 Å². The number of aromatic nitrogens is 1. The zero-order valence-electron chi connectivity index (χ0n) is 10.6. The van der Waals surface area contributed by atoms with Gasteiger partial charge in [-0.1, -0.05) is 25.4 Å². The molecule has 1 aliphatic rings. The van der Waals surface area contributed by atoms with Gasteiger partial charge < -0.3 is 9.64 Å². The number of nitrogens with zero attached hydrogens (tertiary/aromatic N) is 2. The summed E-state index contributed by atoms with van der Waals surface area (Å²) in [6, 6.07) is 1.78. The van der Waals surface area contributed by atoms with Gasteiger partial charge in [0, 0.05) is 19.3 Å². The number of hydrogen-bond donors (Lipinski definition) is 0. The lowest BCUT2D eigenvalue weighted by Crippen LogP contribution is -2.41. The van der Waals surface area contributed by atoms with Gasteiger partial charge >= 0.3 is 0 Å². The highest BCUT2D eigenvalue weighted by Gasteiger charge is 2.22. The van der Waals surface area contributed by atoms with Crippen molar-refractivity contribution in [3.63, 3.8) is 0 Å². The van der Waals surface area contributed by atoms with Crippen molar-refractivity contribution in [2.75, 3.05) is 26.3 Å². The first-order valence-electron chi connectivity index (χ1n) is 6.12. The second-order valence-electron chi connectivity index (χ2n) is 4.65. The van der Waals surface area contributed by atoms with E-state index in [0.717, 1.165) is 5.56 Å². The Labute approximate surface area is 112 Å². The van der Waals surface area contributed by atoms with Gasteiger partial charge in [0.05, 0.1) is 18.8 Å². The minimum absolute atomic E-state index is 0.0196. The molecule has 0 aliphatic carbocycles. The van der Waals surface area contributed by atoms with E-state index in [9.17, 15) is 4.79 Å². The number of rotatable bonds is 2. The van der Waals surface area contributed by atoms with Crippen LogP contribution < -0.4 is 0 Å². The van der Waals surface area contributed by atoms with Gasteiger partial charge in [-0.05, 0) is 17.5 Å². The predicted molar refractivity (Wildman–Crippen MR) is 70.1 cm³/mol. The molecule has 1 amide bonds. The van der Waals surface area contributed by atoms with Crippen molar-refractivity contribution in [3.8, 4) is 0 Å². The van der Waals surface area contributed by atoms with Crippen LogP contribution in [0.3, 0.4) is 0 Å². The van der Waals surface area contributed by atoms with E-state index >= 15 is 0 Å². The Kier molecular flexibility index (Phi) is 4.19. The van der Waals surface area contributed by atoms with E-state index in [1.165, 1.54) is 0 Å². The molecule has 1 aliphatic heterocycles. The van der Waals surface area contributed by atoms with Gasteiger partial charge in [0.15, 0.2) is 0 Å². The van der Waals surface area contributed by atoms with E-state index in [1.807, 2.05) is 13.8 Å². The summed E-state index contributed by atoms with van der Waals surface area (Å²) in [5, 5.41) is 0.428. The molecular formula is C13H17ClN2O2. The highest BCUT2D eigenvalue weighted by molar-refractivity contribution is 6.29. The first-order chi connectivity index (χ1) is 8.59. The Hall–Kier alpha value is -1.13. The van der Waals surface area contributed by atoms with Crippen molar-refractivity contribution in [1.29, 1.82) is 0 Å². The van der Waals surface area contributed by atoms with Gasteiger partial charge in [0.25, 0.3) is 5.91 Å². The van der Waals surface area contributed by atoms with Gasteiger partial charge in [-0.25, -0.2) is 4.98 Å². The predicted octanol–water partition coefficient (Wildman–Crippen LogP) is 2.33. The van der Waals surface area contributed by atoms with Crippen LogP contribution in [0.5, 0.6) is 0 Å². The van der Waals surface area contributed by atoms with Crippen molar-refractivity contribution in [3.05, 3.63) is 28.5 Å². The van der Waals surface area contributed by atoms with Crippen molar-refractivity contribution in [2.45, 2.75) is 19.8 Å². The van der Waals surface area contributed by atoms with Crippen LogP contribution in [0.15, 0.2) is 12.3 Å². The molecule has 1 fully saturated rings. The van der Waals surface area contributed by atoms with Gasteiger partial charge in [0.2, 0.25) is 0 Å². The van der Waals surface area contributed by atoms with Crippen LogP contribution in [0, 0.1) is 0 Å². The summed E-state index contributed by atoms with van der Waals surface area (Å²) in [5.41, 5.74) is 1.60. The molecule has 0 spiro atoms. The first-order valence-corrected chi connectivity index (χ1v) is 6.50. The van der Waals surface area contributed by atoms with Crippen LogP contribution in [0.1, 0.15) is 35.7 Å². The molecule has 5 heteroatoms. The molecule has 0 N–H and O–H groups in total. The quantitative estimate of drug-likeness (QED) is 0.773. The van der Waals surface area contributed by atoms with Gasteiger partial charge in [-0.3, -0.25) is 4.79 Å². The highest BCUT2D eigenvalue weighted by atomic mass is 35.5. The molecule has 0 bridgehead atoms. The van der Waals surface area contributed by atoms with E-state index in [4.69, 9.17) is 16.3 Å². The summed E-state index contributed by atoms with van der Waals surface area (Å²) < 4.78 is 5.25. The third-order valence-electron chi connectivity index (χ3n) is 3.05. The standard InChI is InChI=1S/C13H17ClN2O2/c1-9(2)10-7-12(14)15-8-11(10)13(17)16-3-5-18-6-4-16/h7-9H,3-6H2,1-2H3. The molecule has 98 valence electrons. The maximum Gasteiger partial charge on any atom is 0.255 e. The third kappa shape index (κ3) is 2.82. The average Bonchev–Trinajstić information content (AvgIpc) is 2.39. The molecule has 0 atom stereocenters. The van der Waals surface area contributed by atoms with Crippen molar-refractivity contribution < 1.29 is 9.53 Å². The van der Waals surface area contributed by atoms with Crippen LogP contribution in [0.2, 0.25) is 5.15 Å². The SMILES string of the molecule is CC(C)c1cc(Cl)ncc1C(=O)N1CCOCC1. The molecule has 2 heterocycles. The molecule has 4 nitrogen and oxygen atoms in total. The molecule has 18 heavy (non-hydrogen) atoms. The molecule has 1 aromatic rings. The van der Waals surface area contributed by atoms with Crippen molar-refractivity contribution in [1.82, 2.24) is 9.88 Å². The zero-order valence-corrected chi connectivity index (χ0v) is 11.4. The number of halogens is 1. The molecule has 0 radical (unpaired) electrons. The Morgan fingerprint density at radius 2 is 2.11 bits per heavy atom. The molecule has 1 saturated heterocycles. The number of carbonyl (C=O) groups excluding carboxylic acids is 1. The molecule has 2 rings (SSSR count). The maximum atomic E-state index is 12.4. The molecule has 0 aromatic carbocycles. The average molecular weight is 269 g/mol. The van der Waals surface area contributed by atoms with E-state index in [-0.39, 0.29) is 11.8 Å². The van der Waals surface area contributed by atoms with E-state index in [2.05, 4.69) is 4.98 Å². The number of morpholine rings is 1. The highest BCUT2D eigenvalue weighted by Crippen LogP contribution is 2.23. The second kappa shape index (κ2) is 5.67. The fraction of sp³-hybridized carbons (Fsp3) is 0.538. The Balaban J connectivity index is 2.28. The minimum Gasteiger partial charge on any atom is -0.378 e. The Morgan fingerprint density at radius 1 is 1.44 bits per heavy atom. The molecule has 1 aromatic heterocycles. The maximum absolute atomic E-state index is 12.4. The normalized spacial score (nSPS) is 16.1. The van der Waals surface area contributed by atoms with Gasteiger partial charge in [-0.2, -0.15) is 0 Å². The summed E-state index contributed by atoms with van der Waals surface area (Å²) in [4.78, 5) is 18.3. The number of ether oxygens (including phenoxy) is 1. The van der Waals surface area contributed by atoms with E-state index in [0.29, 0.717) is 37.0 Å². The van der Waals surface area contributed by atoms with Crippen LogP contribution in [0.25, 0.3) is 0 Å². The fourth-order valence-corrected chi connectivity index (χ4v) is 2.20. The third-order valence-corrected chi connectivity index (χ3v) is 3.26. The summed E-state index contributed by atoms with van der Waals surface area (Å²) in [7, 11) is 0. The second-order valence-corrected chi connectivity index (χ2v) is 5.04. The summed E-state index contributed by atoms with van der Waals surface area (Å²) in [5.74, 6) is 0.261. The molecular weight excluding hydrogens is 252 g/mol. The lowest BCUT2D eigenvalue weighted by Gasteiger charge is -2.27. The molecule has 0 saturated carbocycles. The van der Waals surface area contributed by atoms with Crippen LogP contribution in [0.4, 0.5) is 0 Å². The first kappa shape index (κ1) is 13.3. The lowest BCUT2D eigenvalue weighted by molar-refractivity contribution is 0.0301.